The summed E-state index contributed by atoms with van der Waals surface area (Å²) >= 11 is 0. The molecule has 0 unspecified atom stereocenters. The summed E-state index contributed by atoms with van der Waals surface area (Å²) in [5.41, 5.74) is 17.4. The number of primary amides is 1. The maximum atomic E-state index is 14.1. The van der Waals surface area contributed by atoms with E-state index in [4.69, 9.17) is 17.2 Å². The summed E-state index contributed by atoms with van der Waals surface area (Å²) in [5, 5.41) is 7.55. The lowest BCUT2D eigenvalue weighted by atomic mass is 9.85. The van der Waals surface area contributed by atoms with Crippen LogP contribution in [0.15, 0.2) is 77.8 Å². The average molecular weight is 642 g/mol. The van der Waals surface area contributed by atoms with Crippen molar-refractivity contribution in [2.75, 3.05) is 44.3 Å². The quantitative estimate of drug-likeness (QED) is 0.102. The molecule has 3 aromatic rings. The van der Waals surface area contributed by atoms with Gasteiger partial charge in [0.2, 0.25) is 23.6 Å². The Morgan fingerprint density at radius 1 is 0.894 bits per heavy atom. The summed E-state index contributed by atoms with van der Waals surface area (Å²) in [7, 11) is 0. The largest absolute Gasteiger partial charge is 0.370 e. The van der Waals surface area contributed by atoms with Crippen molar-refractivity contribution in [2.24, 2.45) is 22.2 Å². The van der Waals surface area contributed by atoms with Crippen LogP contribution in [0.25, 0.3) is 10.8 Å². The maximum Gasteiger partial charge on any atom is 0.250 e. The number of likely N-dealkylation sites (tertiary alicyclic amines) is 1. The second-order valence-corrected chi connectivity index (χ2v) is 12.1. The van der Waals surface area contributed by atoms with Gasteiger partial charge >= 0.3 is 0 Å². The second-order valence-electron chi connectivity index (χ2n) is 12.1. The van der Waals surface area contributed by atoms with Gasteiger partial charge in [0, 0.05) is 31.9 Å². The molecule has 1 atom stereocenters. The summed E-state index contributed by atoms with van der Waals surface area (Å²) in [6, 6.07) is 23.6. The van der Waals surface area contributed by atoms with Crippen molar-refractivity contribution in [3.05, 3.63) is 78.4 Å². The highest BCUT2D eigenvalue weighted by molar-refractivity contribution is 5.97. The van der Waals surface area contributed by atoms with Crippen LogP contribution in [0.1, 0.15) is 31.2 Å². The molecule has 47 heavy (non-hydrogen) atoms. The SMILES string of the molecule is NC(=O)[C@H](CCCN=C(N)N)NC(=O)CNC(=O)CN1CN(c2ccccc2)C2(CCN(Cc3cccc4ccccc34)CC2)C1=O. The van der Waals surface area contributed by atoms with Gasteiger partial charge in [0.15, 0.2) is 5.96 Å². The van der Waals surface area contributed by atoms with Crippen molar-refractivity contribution in [2.45, 2.75) is 43.8 Å². The Hall–Kier alpha value is -5.17. The van der Waals surface area contributed by atoms with Crippen molar-refractivity contribution in [1.29, 1.82) is 0 Å². The minimum absolute atomic E-state index is 0.0657. The van der Waals surface area contributed by atoms with E-state index in [1.54, 1.807) is 4.90 Å². The summed E-state index contributed by atoms with van der Waals surface area (Å²) < 4.78 is 0. The Bertz CT molecular complexity index is 1610. The van der Waals surface area contributed by atoms with Gasteiger partial charge in [0.1, 0.15) is 18.1 Å². The lowest BCUT2D eigenvalue weighted by Crippen LogP contribution is -2.56. The first-order valence-corrected chi connectivity index (χ1v) is 15.9. The monoisotopic (exact) mass is 641 g/mol. The van der Waals surface area contributed by atoms with Crippen LogP contribution in [0, 0.1) is 0 Å². The number of rotatable bonds is 13. The Labute approximate surface area is 274 Å². The number of guanidine groups is 1. The van der Waals surface area contributed by atoms with Crippen LogP contribution in [-0.4, -0.2) is 90.4 Å². The molecule has 248 valence electrons. The number of anilines is 1. The van der Waals surface area contributed by atoms with E-state index >= 15 is 0 Å². The van der Waals surface area contributed by atoms with Gasteiger partial charge in [-0.1, -0.05) is 60.7 Å². The molecule has 13 nitrogen and oxygen atoms in total. The van der Waals surface area contributed by atoms with Gasteiger partial charge in [-0.05, 0) is 54.2 Å². The first kappa shape index (κ1) is 33.2. The van der Waals surface area contributed by atoms with Gasteiger partial charge in [-0.2, -0.15) is 0 Å². The number of amides is 4. The number of para-hydroxylation sites is 1. The molecule has 2 aliphatic heterocycles. The molecule has 13 heteroatoms. The van der Waals surface area contributed by atoms with Crippen LogP contribution in [0.5, 0.6) is 0 Å². The fourth-order valence-corrected chi connectivity index (χ4v) is 6.52. The number of carbonyl (C=O) groups is 4. The fourth-order valence-electron chi connectivity index (χ4n) is 6.52. The standard InChI is InChI=1S/C34H43N9O4/c35-31(46)28(14-7-17-38-33(36)37)40-29(44)20-39-30(45)22-42-23-43(26-11-2-1-3-12-26)34(32(42)47)15-18-41(19-16-34)21-25-10-6-9-24-8-4-5-13-27(24)25/h1-6,8-13,28H,7,14-23H2,(H2,35,46)(H,39,45)(H,40,44)(H4,36,37,38)/t28-/m0/s1. The van der Waals surface area contributed by atoms with E-state index in [-0.39, 0.29) is 44.6 Å². The first-order chi connectivity index (χ1) is 22.7. The summed E-state index contributed by atoms with van der Waals surface area (Å²) in [4.78, 5) is 61.3. The van der Waals surface area contributed by atoms with Crippen LogP contribution in [0.3, 0.4) is 0 Å². The van der Waals surface area contributed by atoms with Crippen LogP contribution in [0.2, 0.25) is 0 Å². The number of carbonyl (C=O) groups excluding carboxylic acids is 4. The normalized spacial score (nSPS) is 16.6. The molecule has 2 saturated heterocycles. The van der Waals surface area contributed by atoms with Gasteiger partial charge < -0.3 is 37.6 Å². The third-order valence-corrected chi connectivity index (χ3v) is 8.94. The number of aliphatic imine (C=N–C) groups is 1. The summed E-state index contributed by atoms with van der Waals surface area (Å²) in [6.07, 6.45) is 1.90. The predicted octanol–water partition coefficient (Wildman–Crippen LogP) is 0.621. The highest BCUT2D eigenvalue weighted by Crippen LogP contribution is 2.39. The minimum Gasteiger partial charge on any atom is -0.370 e. The molecule has 2 heterocycles. The smallest absolute Gasteiger partial charge is 0.250 e. The molecule has 0 bridgehead atoms. The molecular formula is C34H43N9O4. The van der Waals surface area contributed by atoms with Gasteiger partial charge in [-0.3, -0.25) is 29.1 Å². The van der Waals surface area contributed by atoms with Crippen molar-refractivity contribution >= 4 is 46.0 Å². The van der Waals surface area contributed by atoms with E-state index in [0.29, 0.717) is 19.3 Å². The molecule has 0 radical (unpaired) electrons. The third-order valence-electron chi connectivity index (χ3n) is 8.94. The molecule has 2 aliphatic rings. The Morgan fingerprint density at radius 2 is 1.60 bits per heavy atom. The van der Waals surface area contributed by atoms with Gasteiger partial charge in [0.25, 0.3) is 0 Å². The highest BCUT2D eigenvalue weighted by Gasteiger charge is 2.54. The van der Waals surface area contributed by atoms with E-state index in [2.05, 4.69) is 61.8 Å². The van der Waals surface area contributed by atoms with Gasteiger partial charge in [-0.15, -0.1) is 0 Å². The molecule has 3 aromatic carbocycles. The van der Waals surface area contributed by atoms with Crippen LogP contribution in [0.4, 0.5) is 5.69 Å². The van der Waals surface area contributed by atoms with Crippen LogP contribution >= 0.6 is 0 Å². The number of nitrogens with two attached hydrogens (primary N) is 3. The molecule has 2 fully saturated rings. The zero-order valence-corrected chi connectivity index (χ0v) is 26.4. The second kappa shape index (κ2) is 14.9. The number of benzene rings is 3. The van der Waals surface area contributed by atoms with Crippen molar-refractivity contribution in [3.8, 4) is 0 Å². The molecule has 0 aromatic heterocycles. The molecular weight excluding hydrogens is 598 g/mol. The molecule has 0 aliphatic carbocycles. The number of nitrogens with zero attached hydrogens (tertiary/aromatic N) is 4. The Kier molecular flexibility index (Phi) is 10.6. The fraction of sp³-hybridized carbons (Fsp3) is 0.382. The molecule has 0 saturated carbocycles. The Balaban J connectivity index is 1.19. The van der Waals surface area contributed by atoms with E-state index < -0.39 is 29.3 Å². The molecule has 4 amide bonds. The predicted molar refractivity (Wildman–Crippen MR) is 181 cm³/mol. The van der Waals surface area contributed by atoms with Gasteiger partial charge in [-0.25, -0.2) is 0 Å². The first-order valence-electron chi connectivity index (χ1n) is 15.9. The number of hydrogen-bond donors (Lipinski definition) is 5. The summed E-state index contributed by atoms with van der Waals surface area (Å²) in [5.74, 6) is -1.91. The number of fused-ring (bicyclic) bond motifs is 1. The minimum atomic E-state index is -0.931. The van der Waals surface area contributed by atoms with Crippen molar-refractivity contribution in [1.82, 2.24) is 20.4 Å². The summed E-state index contributed by atoms with van der Waals surface area (Å²) in [6.45, 7) is 2.22. The maximum absolute atomic E-state index is 14.1. The van der Waals surface area contributed by atoms with Crippen molar-refractivity contribution in [3.63, 3.8) is 0 Å². The lowest BCUT2D eigenvalue weighted by molar-refractivity contribution is -0.137. The average Bonchev–Trinajstić information content (AvgIpc) is 3.32. The van der Waals surface area contributed by atoms with Crippen LogP contribution in [-0.2, 0) is 25.7 Å². The molecule has 5 rings (SSSR count). The lowest BCUT2D eigenvalue weighted by Gasteiger charge is -2.43. The number of piperidine rings is 1. The van der Waals surface area contributed by atoms with Crippen LogP contribution < -0.4 is 32.7 Å². The Morgan fingerprint density at radius 3 is 2.32 bits per heavy atom. The van der Waals surface area contributed by atoms with Gasteiger partial charge in [0.05, 0.1) is 13.2 Å². The molecule has 1 spiro atoms. The van der Waals surface area contributed by atoms with E-state index in [1.807, 2.05) is 36.4 Å². The van der Waals surface area contributed by atoms with E-state index in [9.17, 15) is 19.2 Å². The van der Waals surface area contributed by atoms with E-state index in [1.165, 1.54) is 16.3 Å². The van der Waals surface area contributed by atoms with E-state index in [0.717, 1.165) is 25.3 Å². The zero-order valence-electron chi connectivity index (χ0n) is 26.4. The molecule has 8 N–H and O–H groups in total. The number of nitrogens with one attached hydrogen (secondary N) is 2. The van der Waals surface area contributed by atoms with Crippen molar-refractivity contribution < 1.29 is 19.2 Å². The number of hydrogen-bond acceptors (Lipinski definition) is 7. The zero-order chi connectivity index (χ0) is 33.4. The highest BCUT2D eigenvalue weighted by atomic mass is 16.2. The third kappa shape index (κ3) is 7.98. The topological polar surface area (TPSA) is 192 Å².